The quantitative estimate of drug-likeness (QED) is 0.580. The van der Waals surface area contributed by atoms with E-state index in [-0.39, 0.29) is 16.4 Å². The summed E-state index contributed by atoms with van der Waals surface area (Å²) in [4.78, 5) is 12.9. The molecule has 0 aromatic carbocycles. The van der Waals surface area contributed by atoms with Gasteiger partial charge in [0.2, 0.25) is 0 Å². The van der Waals surface area contributed by atoms with Crippen LogP contribution in [0.4, 0.5) is 15.9 Å². The smallest absolute Gasteiger partial charge is 0.180 e. The molecule has 0 atom stereocenters. The van der Waals surface area contributed by atoms with Crippen LogP contribution in [0.15, 0.2) is 54.7 Å². The van der Waals surface area contributed by atoms with Gasteiger partial charge in [-0.25, -0.2) is 14.4 Å². The Morgan fingerprint density at radius 3 is 2.80 bits per heavy atom. The molecule has 1 fully saturated rings. The molecule has 0 radical (unpaired) electrons. The van der Waals surface area contributed by atoms with E-state index in [4.69, 9.17) is 16.3 Å². The minimum absolute atomic E-state index is 0.0643. The Labute approximate surface area is 180 Å². The number of halogens is 2. The van der Waals surface area contributed by atoms with Gasteiger partial charge in [0.15, 0.2) is 17.4 Å². The molecule has 6 nitrogen and oxygen atoms in total. The summed E-state index contributed by atoms with van der Waals surface area (Å²) in [7, 11) is 0. The van der Waals surface area contributed by atoms with Crippen LogP contribution in [0.3, 0.4) is 0 Å². The highest BCUT2D eigenvalue weighted by atomic mass is 35.5. The standard InChI is InChI=1S/C22H25ClFN5O/c1-14-11-26-9-6-19(14)28-22-20(30-13-17-4-7-25-8-5-17)12-27-21(29-22)18(16(3)24)10-15(2)23/h6,9-12,17,25H,2-5,7-8,13H2,1H3,(H,26,27,28,29)/b18-10+. The van der Waals surface area contributed by atoms with Crippen molar-refractivity contribution in [3.8, 4) is 5.75 Å². The van der Waals surface area contributed by atoms with Gasteiger partial charge in [0.05, 0.1) is 18.4 Å². The number of ether oxygens (including phenoxy) is 1. The first-order valence-electron chi connectivity index (χ1n) is 9.73. The van der Waals surface area contributed by atoms with Gasteiger partial charge in [0.1, 0.15) is 5.83 Å². The van der Waals surface area contributed by atoms with Crippen molar-refractivity contribution < 1.29 is 9.13 Å². The predicted molar refractivity (Wildman–Crippen MR) is 119 cm³/mol. The van der Waals surface area contributed by atoms with Gasteiger partial charge >= 0.3 is 0 Å². The lowest BCUT2D eigenvalue weighted by molar-refractivity contribution is 0.215. The Morgan fingerprint density at radius 2 is 2.13 bits per heavy atom. The van der Waals surface area contributed by atoms with Crippen molar-refractivity contribution in [2.75, 3.05) is 25.0 Å². The number of nitrogens with zero attached hydrogens (tertiary/aromatic N) is 3. The zero-order chi connectivity index (χ0) is 21.5. The Hall–Kier alpha value is -2.77. The first kappa shape index (κ1) is 21.9. The van der Waals surface area contributed by atoms with Gasteiger partial charge in [-0.1, -0.05) is 24.8 Å². The van der Waals surface area contributed by atoms with Crippen molar-refractivity contribution in [3.63, 3.8) is 0 Å². The second-order valence-electron chi connectivity index (χ2n) is 7.14. The monoisotopic (exact) mass is 429 g/mol. The molecule has 0 bridgehead atoms. The maximum atomic E-state index is 14.0. The molecule has 30 heavy (non-hydrogen) atoms. The number of aromatic nitrogens is 3. The molecule has 2 aromatic heterocycles. The molecule has 1 saturated heterocycles. The molecular formula is C22H25ClFN5O. The van der Waals surface area contributed by atoms with E-state index in [1.807, 2.05) is 13.0 Å². The minimum atomic E-state index is -0.703. The molecule has 0 saturated carbocycles. The Morgan fingerprint density at radius 1 is 1.37 bits per heavy atom. The van der Waals surface area contributed by atoms with Crippen LogP contribution in [0, 0.1) is 12.8 Å². The van der Waals surface area contributed by atoms with Crippen LogP contribution in [0.1, 0.15) is 24.2 Å². The number of rotatable bonds is 8. The molecular weight excluding hydrogens is 405 g/mol. The Kier molecular flexibility index (Phi) is 7.54. The molecule has 2 aromatic rings. The first-order chi connectivity index (χ1) is 14.4. The van der Waals surface area contributed by atoms with Crippen LogP contribution in [0.25, 0.3) is 5.57 Å². The van der Waals surface area contributed by atoms with Gasteiger partial charge in [0.25, 0.3) is 0 Å². The SMILES string of the molecule is C=C(Cl)/C=C(\C(=C)F)c1ncc(OCC2CCNCC2)c(Nc2ccncc2C)n1. The highest BCUT2D eigenvalue weighted by molar-refractivity contribution is 6.31. The normalized spacial score (nSPS) is 15.0. The fourth-order valence-electron chi connectivity index (χ4n) is 3.11. The summed E-state index contributed by atoms with van der Waals surface area (Å²) in [5.74, 6) is 0.804. The topological polar surface area (TPSA) is 72.0 Å². The molecule has 2 N–H and O–H groups in total. The summed E-state index contributed by atoms with van der Waals surface area (Å²) in [5, 5.41) is 6.75. The van der Waals surface area contributed by atoms with E-state index in [2.05, 4.69) is 38.7 Å². The average molecular weight is 430 g/mol. The molecule has 1 aliphatic rings. The number of aryl methyl sites for hydroxylation is 1. The third-order valence-corrected chi connectivity index (χ3v) is 4.91. The molecule has 0 aliphatic carbocycles. The predicted octanol–water partition coefficient (Wildman–Crippen LogP) is 4.92. The van der Waals surface area contributed by atoms with Crippen LogP contribution >= 0.6 is 11.6 Å². The number of allylic oxidation sites excluding steroid dienone is 4. The third-order valence-electron chi connectivity index (χ3n) is 4.80. The van der Waals surface area contributed by atoms with E-state index in [0.717, 1.165) is 37.2 Å². The van der Waals surface area contributed by atoms with E-state index < -0.39 is 5.83 Å². The number of piperidine rings is 1. The molecule has 158 valence electrons. The summed E-state index contributed by atoms with van der Waals surface area (Å²) in [6.45, 7) is 11.4. The second kappa shape index (κ2) is 10.3. The largest absolute Gasteiger partial charge is 0.488 e. The number of nitrogens with one attached hydrogen (secondary N) is 2. The van der Waals surface area contributed by atoms with Crippen LogP contribution in [-0.2, 0) is 0 Å². The molecule has 3 heterocycles. The Bertz CT molecular complexity index is 956. The van der Waals surface area contributed by atoms with E-state index in [0.29, 0.717) is 24.1 Å². The maximum absolute atomic E-state index is 14.0. The summed E-state index contributed by atoms with van der Waals surface area (Å²) in [6, 6.07) is 1.83. The van der Waals surface area contributed by atoms with Crippen molar-refractivity contribution in [1.82, 2.24) is 20.3 Å². The van der Waals surface area contributed by atoms with E-state index >= 15 is 0 Å². The van der Waals surface area contributed by atoms with E-state index in [9.17, 15) is 4.39 Å². The molecule has 1 aliphatic heterocycles. The third kappa shape index (κ3) is 5.87. The van der Waals surface area contributed by atoms with Gasteiger partial charge in [-0.15, -0.1) is 0 Å². The summed E-state index contributed by atoms with van der Waals surface area (Å²) < 4.78 is 20.1. The van der Waals surface area contributed by atoms with E-state index in [1.54, 1.807) is 12.4 Å². The molecule has 0 amide bonds. The number of hydrogen-bond acceptors (Lipinski definition) is 6. The minimum Gasteiger partial charge on any atom is -0.488 e. The fraction of sp³-hybridized carbons (Fsp3) is 0.318. The van der Waals surface area contributed by atoms with Crippen molar-refractivity contribution in [2.24, 2.45) is 5.92 Å². The lowest BCUT2D eigenvalue weighted by Gasteiger charge is -2.23. The molecule has 3 rings (SSSR count). The second-order valence-corrected chi connectivity index (χ2v) is 7.62. The van der Waals surface area contributed by atoms with Gasteiger partial charge in [0, 0.05) is 23.1 Å². The van der Waals surface area contributed by atoms with Gasteiger partial charge in [-0.05, 0) is 56.5 Å². The summed E-state index contributed by atoms with van der Waals surface area (Å²) in [6.07, 6.45) is 8.41. The molecule has 0 unspecified atom stereocenters. The average Bonchev–Trinajstić information content (AvgIpc) is 2.73. The van der Waals surface area contributed by atoms with Crippen molar-refractivity contribution in [2.45, 2.75) is 19.8 Å². The zero-order valence-electron chi connectivity index (χ0n) is 16.9. The van der Waals surface area contributed by atoms with E-state index in [1.165, 1.54) is 12.3 Å². The van der Waals surface area contributed by atoms with Crippen LogP contribution in [0.2, 0.25) is 0 Å². The highest BCUT2D eigenvalue weighted by Crippen LogP contribution is 2.31. The number of anilines is 2. The Balaban J connectivity index is 1.93. The van der Waals surface area contributed by atoms with Crippen LogP contribution in [-0.4, -0.2) is 34.6 Å². The van der Waals surface area contributed by atoms with Gasteiger partial charge < -0.3 is 15.4 Å². The number of pyridine rings is 1. The zero-order valence-corrected chi connectivity index (χ0v) is 17.7. The van der Waals surface area contributed by atoms with Crippen LogP contribution < -0.4 is 15.4 Å². The summed E-state index contributed by atoms with van der Waals surface area (Å²) >= 11 is 5.84. The maximum Gasteiger partial charge on any atom is 0.180 e. The summed E-state index contributed by atoms with van der Waals surface area (Å²) in [5.41, 5.74) is 1.81. The van der Waals surface area contributed by atoms with Gasteiger partial charge in [-0.2, -0.15) is 0 Å². The van der Waals surface area contributed by atoms with Crippen molar-refractivity contribution in [3.05, 3.63) is 66.1 Å². The molecule has 8 heteroatoms. The number of hydrogen-bond donors (Lipinski definition) is 2. The van der Waals surface area contributed by atoms with Crippen molar-refractivity contribution in [1.29, 1.82) is 0 Å². The molecule has 0 spiro atoms. The van der Waals surface area contributed by atoms with Crippen molar-refractivity contribution >= 4 is 28.7 Å². The fourth-order valence-corrected chi connectivity index (χ4v) is 3.22. The van der Waals surface area contributed by atoms with Crippen LogP contribution in [0.5, 0.6) is 5.75 Å². The lowest BCUT2D eigenvalue weighted by atomic mass is 9.99. The first-order valence-corrected chi connectivity index (χ1v) is 10.1. The van der Waals surface area contributed by atoms with Gasteiger partial charge in [-0.3, -0.25) is 4.98 Å². The lowest BCUT2D eigenvalue weighted by Crippen LogP contribution is -2.30. The highest BCUT2D eigenvalue weighted by Gasteiger charge is 2.18.